The highest BCUT2D eigenvalue weighted by Crippen LogP contribution is 2.42. The summed E-state index contributed by atoms with van der Waals surface area (Å²) in [6.45, 7) is 0. The van der Waals surface area contributed by atoms with Crippen molar-refractivity contribution in [2.45, 2.75) is 25.7 Å². The van der Waals surface area contributed by atoms with Gasteiger partial charge in [-0.1, -0.05) is 12.8 Å². The molecule has 2 fully saturated rings. The van der Waals surface area contributed by atoms with Gasteiger partial charge in [0, 0.05) is 4.47 Å². The standard InChI is InChI=1S/C15H14BrNO4/c16-11-6-5-8(15(20)21)7-12(11)17-13(18)9-3-1-2-4-10(9)14(17)19/h5-7,9-10H,1-4H2,(H,20,21)/t9-,10+. The van der Waals surface area contributed by atoms with Crippen LogP contribution in [0.15, 0.2) is 22.7 Å². The third-order valence-corrected chi connectivity index (χ3v) is 4.95. The lowest BCUT2D eigenvalue weighted by Crippen LogP contribution is -2.31. The van der Waals surface area contributed by atoms with Crippen LogP contribution in [0.2, 0.25) is 0 Å². The van der Waals surface area contributed by atoms with E-state index in [2.05, 4.69) is 15.9 Å². The molecule has 0 aromatic heterocycles. The highest BCUT2D eigenvalue weighted by Gasteiger charge is 2.49. The summed E-state index contributed by atoms with van der Waals surface area (Å²) in [5.41, 5.74) is 0.392. The highest BCUT2D eigenvalue weighted by molar-refractivity contribution is 9.10. The molecule has 110 valence electrons. The van der Waals surface area contributed by atoms with Crippen molar-refractivity contribution >= 4 is 39.4 Å². The molecule has 2 amide bonds. The Kier molecular flexibility index (Phi) is 3.57. The lowest BCUT2D eigenvalue weighted by Gasteiger charge is -2.19. The summed E-state index contributed by atoms with van der Waals surface area (Å²) in [7, 11) is 0. The van der Waals surface area contributed by atoms with Crippen molar-refractivity contribution in [3.05, 3.63) is 28.2 Å². The molecule has 21 heavy (non-hydrogen) atoms. The minimum Gasteiger partial charge on any atom is -0.478 e. The van der Waals surface area contributed by atoms with Crippen LogP contribution in [-0.2, 0) is 9.59 Å². The third-order valence-electron chi connectivity index (χ3n) is 4.28. The molecule has 2 aliphatic rings. The smallest absolute Gasteiger partial charge is 0.335 e. The number of hydrogen-bond donors (Lipinski definition) is 1. The molecule has 0 radical (unpaired) electrons. The van der Waals surface area contributed by atoms with Gasteiger partial charge in [-0.15, -0.1) is 0 Å². The monoisotopic (exact) mass is 351 g/mol. The van der Waals surface area contributed by atoms with Crippen LogP contribution in [0.25, 0.3) is 0 Å². The van der Waals surface area contributed by atoms with Gasteiger partial charge in [0.05, 0.1) is 23.1 Å². The number of nitrogens with zero attached hydrogens (tertiary/aromatic N) is 1. The molecule has 0 unspecified atom stereocenters. The number of amides is 2. The molecule has 3 rings (SSSR count). The van der Waals surface area contributed by atoms with Gasteiger partial charge >= 0.3 is 5.97 Å². The Labute approximate surface area is 130 Å². The Morgan fingerprint density at radius 2 is 1.71 bits per heavy atom. The number of fused-ring (bicyclic) bond motifs is 1. The largest absolute Gasteiger partial charge is 0.478 e. The van der Waals surface area contributed by atoms with Crippen LogP contribution in [0, 0.1) is 11.8 Å². The van der Waals surface area contributed by atoms with Crippen LogP contribution >= 0.6 is 15.9 Å². The molecule has 1 aromatic rings. The Morgan fingerprint density at radius 3 is 2.24 bits per heavy atom. The number of aromatic carboxylic acids is 1. The van der Waals surface area contributed by atoms with E-state index in [1.165, 1.54) is 12.1 Å². The molecule has 0 bridgehead atoms. The zero-order valence-corrected chi connectivity index (χ0v) is 12.8. The van der Waals surface area contributed by atoms with Crippen molar-refractivity contribution in [2.24, 2.45) is 11.8 Å². The van der Waals surface area contributed by atoms with E-state index in [1.807, 2.05) is 0 Å². The molecular weight excluding hydrogens is 338 g/mol. The van der Waals surface area contributed by atoms with E-state index < -0.39 is 5.97 Å². The molecule has 2 atom stereocenters. The average Bonchev–Trinajstić information content (AvgIpc) is 2.72. The minimum absolute atomic E-state index is 0.0590. The number of imide groups is 1. The number of benzene rings is 1. The molecule has 0 spiro atoms. The molecule has 1 N–H and O–H groups in total. The highest BCUT2D eigenvalue weighted by atomic mass is 79.9. The zero-order valence-electron chi connectivity index (χ0n) is 11.2. The first-order chi connectivity index (χ1) is 10.0. The van der Waals surface area contributed by atoms with Crippen LogP contribution in [0.4, 0.5) is 5.69 Å². The number of halogens is 1. The number of carbonyl (C=O) groups is 3. The second kappa shape index (κ2) is 5.26. The van der Waals surface area contributed by atoms with Gasteiger partial charge in [-0.2, -0.15) is 0 Å². The quantitative estimate of drug-likeness (QED) is 0.831. The van der Waals surface area contributed by atoms with Crippen molar-refractivity contribution in [2.75, 3.05) is 4.90 Å². The van der Waals surface area contributed by atoms with Crippen LogP contribution in [-0.4, -0.2) is 22.9 Å². The van der Waals surface area contributed by atoms with Gasteiger partial charge in [-0.25, -0.2) is 9.69 Å². The van der Waals surface area contributed by atoms with Crippen LogP contribution in [0.5, 0.6) is 0 Å². The van der Waals surface area contributed by atoms with E-state index in [0.29, 0.717) is 10.2 Å². The van der Waals surface area contributed by atoms with Gasteiger partial charge in [0.25, 0.3) is 0 Å². The second-order valence-corrected chi connectivity index (χ2v) is 6.34. The fraction of sp³-hybridized carbons (Fsp3) is 0.400. The van der Waals surface area contributed by atoms with E-state index >= 15 is 0 Å². The van der Waals surface area contributed by atoms with Crippen molar-refractivity contribution in [1.82, 2.24) is 0 Å². The number of rotatable bonds is 2. The summed E-state index contributed by atoms with van der Waals surface area (Å²) < 4.78 is 0.549. The van der Waals surface area contributed by atoms with E-state index in [9.17, 15) is 14.4 Å². The molecule has 1 saturated heterocycles. The molecule has 1 aromatic carbocycles. The van der Waals surface area contributed by atoms with E-state index in [4.69, 9.17) is 5.11 Å². The van der Waals surface area contributed by atoms with Gasteiger partial charge < -0.3 is 5.11 Å². The zero-order chi connectivity index (χ0) is 15.1. The van der Waals surface area contributed by atoms with E-state index in [0.717, 1.165) is 30.6 Å². The summed E-state index contributed by atoms with van der Waals surface area (Å²) in [5, 5.41) is 9.08. The second-order valence-electron chi connectivity index (χ2n) is 5.48. The normalized spacial score (nSPS) is 25.1. The first kappa shape index (κ1) is 14.3. The maximum Gasteiger partial charge on any atom is 0.335 e. The van der Waals surface area contributed by atoms with E-state index in [-0.39, 0.29) is 29.2 Å². The van der Waals surface area contributed by atoms with Gasteiger partial charge in [-0.3, -0.25) is 9.59 Å². The Morgan fingerprint density at radius 1 is 1.14 bits per heavy atom. The molecule has 1 aliphatic carbocycles. The number of carboxylic acids is 1. The van der Waals surface area contributed by atoms with Crippen molar-refractivity contribution in [3.63, 3.8) is 0 Å². The van der Waals surface area contributed by atoms with E-state index in [1.54, 1.807) is 6.07 Å². The topological polar surface area (TPSA) is 74.7 Å². The lowest BCUT2D eigenvalue weighted by atomic mass is 9.81. The summed E-state index contributed by atoms with van der Waals surface area (Å²) in [5.74, 6) is -1.97. The van der Waals surface area contributed by atoms with Gasteiger partial charge in [-0.05, 0) is 47.0 Å². The fourth-order valence-corrected chi connectivity index (χ4v) is 3.64. The van der Waals surface area contributed by atoms with Crippen molar-refractivity contribution in [1.29, 1.82) is 0 Å². The summed E-state index contributed by atoms with van der Waals surface area (Å²) in [4.78, 5) is 37.3. The Balaban J connectivity index is 2.04. The molecular formula is C15H14BrNO4. The Bertz CT molecular complexity index is 619. The Hall–Kier alpha value is -1.69. The molecule has 1 aliphatic heterocycles. The molecule has 1 heterocycles. The first-order valence-electron chi connectivity index (χ1n) is 6.91. The lowest BCUT2D eigenvalue weighted by molar-refractivity contribution is -0.122. The predicted octanol–water partition coefficient (Wildman–Crippen LogP) is 2.83. The predicted molar refractivity (Wildman–Crippen MR) is 79.0 cm³/mol. The first-order valence-corrected chi connectivity index (χ1v) is 7.70. The average molecular weight is 352 g/mol. The number of carboxylic acid groups (broad SMARTS) is 1. The summed E-state index contributed by atoms with van der Waals surface area (Å²) >= 11 is 3.30. The van der Waals surface area contributed by atoms with Gasteiger partial charge in [0.1, 0.15) is 0 Å². The van der Waals surface area contributed by atoms with Crippen LogP contribution in [0.1, 0.15) is 36.0 Å². The number of anilines is 1. The number of carbonyl (C=O) groups excluding carboxylic acids is 2. The fourth-order valence-electron chi connectivity index (χ4n) is 3.22. The van der Waals surface area contributed by atoms with Crippen LogP contribution in [0.3, 0.4) is 0 Å². The maximum absolute atomic E-state index is 12.5. The van der Waals surface area contributed by atoms with Gasteiger partial charge in [0.15, 0.2) is 0 Å². The minimum atomic E-state index is -1.08. The van der Waals surface area contributed by atoms with Crippen LogP contribution < -0.4 is 4.90 Å². The number of hydrogen-bond acceptors (Lipinski definition) is 3. The van der Waals surface area contributed by atoms with Gasteiger partial charge in [0.2, 0.25) is 11.8 Å². The molecule has 6 heteroatoms. The molecule has 5 nitrogen and oxygen atoms in total. The van der Waals surface area contributed by atoms with Crippen molar-refractivity contribution < 1.29 is 19.5 Å². The van der Waals surface area contributed by atoms with Crippen molar-refractivity contribution in [3.8, 4) is 0 Å². The third kappa shape index (κ3) is 2.27. The summed E-state index contributed by atoms with van der Waals surface area (Å²) in [6.07, 6.45) is 3.40. The molecule has 1 saturated carbocycles. The summed E-state index contributed by atoms with van der Waals surface area (Å²) in [6, 6.07) is 4.37. The maximum atomic E-state index is 12.5. The SMILES string of the molecule is O=C(O)c1ccc(Br)c(N2C(=O)[C@H]3CCCC[C@H]3C2=O)c1.